The van der Waals surface area contributed by atoms with Gasteiger partial charge in [-0.2, -0.15) is 0 Å². The molecule has 0 aromatic heterocycles. The number of halogens is 9. The van der Waals surface area contributed by atoms with Gasteiger partial charge < -0.3 is 9.47 Å². The first-order valence-corrected chi connectivity index (χ1v) is 18.2. The molecule has 6 atom stereocenters. The molecule has 208 valence electrons. The molecule has 2 aromatic carbocycles. The lowest BCUT2D eigenvalue weighted by Gasteiger charge is -2.29. The Morgan fingerprint density at radius 3 is 1.16 bits per heavy atom. The van der Waals surface area contributed by atoms with Crippen LogP contribution in [0.4, 0.5) is 0 Å². The predicted octanol–water partition coefficient (Wildman–Crippen LogP) is 11.3. The number of hydrogen-bond acceptors (Lipinski definition) is 2. The first kappa shape index (κ1) is 35.0. The third-order valence-corrected chi connectivity index (χ3v) is 16.2. The van der Waals surface area contributed by atoms with E-state index >= 15 is 0 Å². The van der Waals surface area contributed by atoms with E-state index in [1.165, 1.54) is 25.7 Å². The van der Waals surface area contributed by atoms with Crippen molar-refractivity contribution >= 4 is 130 Å². The van der Waals surface area contributed by atoms with Crippen molar-refractivity contribution in [3.8, 4) is 11.5 Å². The van der Waals surface area contributed by atoms with Crippen LogP contribution in [0.15, 0.2) is 48.5 Å². The Labute approximate surface area is 286 Å². The minimum absolute atomic E-state index is 0.376. The van der Waals surface area contributed by atoms with Crippen LogP contribution in [0.5, 0.6) is 11.5 Å². The monoisotopic (exact) mass is 952 g/mol. The van der Waals surface area contributed by atoms with E-state index in [0.29, 0.717) is 29.0 Å². The summed E-state index contributed by atoms with van der Waals surface area (Å²) in [7, 11) is 3.23. The molecule has 1 aliphatic carbocycles. The highest BCUT2D eigenvalue weighted by atomic mass is 79.9. The highest BCUT2D eigenvalue weighted by Gasteiger charge is 2.35. The van der Waals surface area contributed by atoms with Gasteiger partial charge in [0, 0.05) is 29.0 Å². The number of ether oxygens (including phenoxy) is 2. The maximum Gasteiger partial charge on any atom is 0.201 e. The molecule has 0 spiro atoms. The Bertz CT molecular complexity index is 860. The zero-order valence-corrected chi connectivity index (χ0v) is 32.0. The van der Waals surface area contributed by atoms with E-state index in [1.807, 2.05) is 48.5 Å². The Morgan fingerprint density at radius 2 is 0.892 bits per heavy atom. The number of alkyl halides is 9. The minimum atomic E-state index is -1.46. The summed E-state index contributed by atoms with van der Waals surface area (Å²) in [4.78, 5) is 3.08. The van der Waals surface area contributed by atoms with Crippen LogP contribution in [0, 0.1) is 0 Å². The highest BCUT2D eigenvalue weighted by Crippen LogP contribution is 2.46. The van der Waals surface area contributed by atoms with Gasteiger partial charge in [-0.05, 0) is 61.1 Å². The predicted molar refractivity (Wildman–Crippen MR) is 183 cm³/mol. The largest absolute Gasteiger partial charge is 0.497 e. The third-order valence-electron chi connectivity index (χ3n) is 6.05. The van der Waals surface area contributed by atoms with Crippen molar-refractivity contribution < 1.29 is 9.47 Å². The van der Waals surface area contributed by atoms with Crippen molar-refractivity contribution in [2.75, 3.05) is 14.2 Å². The van der Waals surface area contributed by atoms with Gasteiger partial charge in [0.2, 0.25) is 3.79 Å². The Morgan fingerprint density at radius 1 is 0.595 bits per heavy atom. The molecule has 0 heterocycles. The number of methoxy groups -OCH3 is 2. The van der Waals surface area contributed by atoms with E-state index in [0.717, 1.165) is 22.6 Å². The van der Waals surface area contributed by atoms with Gasteiger partial charge in [-0.3, -0.25) is 0 Å². The van der Waals surface area contributed by atoms with Gasteiger partial charge in [-0.1, -0.05) is 155 Å². The van der Waals surface area contributed by atoms with E-state index < -0.39 is 3.79 Å². The maximum atomic E-state index is 6.18. The van der Waals surface area contributed by atoms with Crippen LogP contribution in [-0.2, 0) is 0 Å². The summed E-state index contributed by atoms with van der Waals surface area (Å²) in [5, 5.41) is 0. The number of hydrogen-bond donors (Lipinski definition) is 0. The van der Waals surface area contributed by atoms with Gasteiger partial charge in [-0.25, -0.2) is 0 Å². The molecule has 37 heavy (non-hydrogen) atoms. The Balaban J connectivity index is 0.000000271. The molecule has 1 saturated carbocycles. The highest BCUT2D eigenvalue weighted by molar-refractivity contribution is 9.14. The van der Waals surface area contributed by atoms with Gasteiger partial charge >= 0.3 is 0 Å². The minimum Gasteiger partial charge on any atom is -0.497 e. The topological polar surface area (TPSA) is 18.5 Å². The van der Waals surface area contributed by atoms with E-state index in [4.69, 9.17) is 44.3 Å². The summed E-state index contributed by atoms with van der Waals surface area (Å²) in [6.45, 7) is 0. The molecule has 0 saturated heterocycles. The second-order valence-electron chi connectivity index (χ2n) is 8.63. The molecule has 0 N–H and O–H groups in total. The molecular weight excluding hydrogens is 930 g/mol. The molecule has 1 fully saturated rings. The fraction of sp³-hybridized carbons (Fsp3) is 0.538. The molecular formula is C26H29Br6Cl3O2. The van der Waals surface area contributed by atoms with Gasteiger partial charge in [0.25, 0.3) is 0 Å². The lowest BCUT2D eigenvalue weighted by Crippen LogP contribution is -2.34. The summed E-state index contributed by atoms with van der Waals surface area (Å²) in [5.41, 5.74) is 1.81. The normalized spacial score (nSPS) is 27.1. The molecule has 0 amide bonds. The van der Waals surface area contributed by atoms with Crippen molar-refractivity contribution in [2.24, 2.45) is 0 Å². The van der Waals surface area contributed by atoms with Crippen LogP contribution in [0.2, 0.25) is 0 Å². The molecule has 11 heteroatoms. The zero-order chi connectivity index (χ0) is 27.8. The van der Waals surface area contributed by atoms with Gasteiger partial charge in [-0.15, -0.1) is 0 Å². The second kappa shape index (κ2) is 17.0. The standard InChI is InChI=1S/C16H15Cl3O2.C10H14Br6/c1-20-13-7-3-11(4-8-13)15(16(17,18)19)12-5-9-14(21-2)10-6-12;11-5-1-3-7(13)9(15)10(16)8(14)4-2-6(5)12/h3-10,15H,1-2H3;5-10H,1-4H2. The number of rotatable bonds is 4. The molecule has 1 aliphatic rings. The lowest BCUT2D eigenvalue weighted by atomic mass is 9.92. The maximum absolute atomic E-state index is 6.18. The van der Waals surface area contributed by atoms with Gasteiger partial charge in [0.1, 0.15) is 11.5 Å². The van der Waals surface area contributed by atoms with Crippen LogP contribution in [-0.4, -0.2) is 47.0 Å². The van der Waals surface area contributed by atoms with E-state index in [9.17, 15) is 0 Å². The van der Waals surface area contributed by atoms with Crippen LogP contribution < -0.4 is 9.47 Å². The quantitative estimate of drug-likeness (QED) is 0.284. The summed E-state index contributed by atoms with van der Waals surface area (Å²) < 4.78 is 8.85. The SMILES string of the molecule is BrC1CCC(Br)C(Br)C(Br)C(Br)CCC1Br.COc1ccc(C(c2ccc(OC)cc2)C(Cl)(Cl)Cl)cc1. The van der Waals surface area contributed by atoms with E-state index in [-0.39, 0.29) is 5.92 Å². The van der Waals surface area contributed by atoms with Crippen molar-refractivity contribution in [1.29, 1.82) is 0 Å². The van der Waals surface area contributed by atoms with E-state index in [1.54, 1.807) is 14.2 Å². The zero-order valence-electron chi connectivity index (χ0n) is 20.2. The first-order valence-electron chi connectivity index (χ1n) is 11.6. The van der Waals surface area contributed by atoms with Crippen LogP contribution in [0.1, 0.15) is 42.7 Å². The van der Waals surface area contributed by atoms with Crippen molar-refractivity contribution in [2.45, 2.75) is 64.4 Å². The summed E-state index contributed by atoms with van der Waals surface area (Å²) in [5.74, 6) is 1.15. The average molecular weight is 959 g/mol. The first-order chi connectivity index (χ1) is 17.4. The lowest BCUT2D eigenvalue weighted by molar-refractivity contribution is 0.414. The molecule has 2 nitrogen and oxygen atoms in total. The fourth-order valence-electron chi connectivity index (χ4n) is 3.88. The van der Waals surface area contributed by atoms with Gasteiger partial charge in [0.15, 0.2) is 0 Å². The summed E-state index contributed by atoms with van der Waals surface area (Å²) >= 11 is 41.2. The molecule has 0 bridgehead atoms. The molecule has 3 rings (SSSR count). The molecule has 6 unspecified atom stereocenters. The van der Waals surface area contributed by atoms with Crippen molar-refractivity contribution in [3.63, 3.8) is 0 Å². The van der Waals surface area contributed by atoms with Crippen LogP contribution >= 0.6 is 130 Å². The number of benzene rings is 2. The van der Waals surface area contributed by atoms with Crippen molar-refractivity contribution in [3.05, 3.63) is 59.7 Å². The fourth-order valence-corrected chi connectivity index (χ4v) is 8.96. The smallest absolute Gasteiger partial charge is 0.201 e. The Hall–Kier alpha value is 1.79. The molecule has 0 aliphatic heterocycles. The van der Waals surface area contributed by atoms with Gasteiger partial charge in [0.05, 0.1) is 20.1 Å². The summed E-state index contributed by atoms with van der Waals surface area (Å²) in [6.07, 6.45) is 4.74. The van der Waals surface area contributed by atoms with E-state index in [2.05, 4.69) is 95.6 Å². The third kappa shape index (κ3) is 11.2. The van der Waals surface area contributed by atoms with Crippen LogP contribution in [0.3, 0.4) is 0 Å². The second-order valence-corrected chi connectivity index (χ2v) is 17.8. The molecule has 0 radical (unpaired) electrons. The molecule has 2 aromatic rings. The average Bonchev–Trinajstić information content (AvgIpc) is 2.89. The summed E-state index contributed by atoms with van der Waals surface area (Å²) in [6, 6.07) is 15.0. The van der Waals surface area contributed by atoms with Crippen LogP contribution in [0.25, 0.3) is 0 Å². The Kier molecular flexibility index (Phi) is 16.1. The van der Waals surface area contributed by atoms with Crippen molar-refractivity contribution in [1.82, 2.24) is 0 Å².